The number of anilines is 1. The first-order chi connectivity index (χ1) is 5.24. The lowest BCUT2D eigenvalue weighted by molar-refractivity contribution is 0.253. The van der Waals surface area contributed by atoms with Crippen molar-refractivity contribution in [2.75, 3.05) is 12.4 Å². The van der Waals surface area contributed by atoms with Crippen LogP contribution >= 0.6 is 0 Å². The maximum absolute atomic E-state index is 10.7. The van der Waals surface area contributed by atoms with E-state index >= 15 is 0 Å². The van der Waals surface area contributed by atoms with Crippen molar-refractivity contribution in [2.45, 2.75) is 6.92 Å². The summed E-state index contributed by atoms with van der Waals surface area (Å²) in [6.07, 6.45) is 0. The van der Waals surface area contributed by atoms with Gasteiger partial charge in [-0.05, 0) is 12.1 Å². The van der Waals surface area contributed by atoms with Gasteiger partial charge in [-0.25, -0.2) is 9.42 Å². The van der Waals surface area contributed by atoms with Crippen molar-refractivity contribution in [2.24, 2.45) is 0 Å². The fourth-order valence-corrected chi connectivity index (χ4v) is 0.515. The molecule has 0 saturated heterocycles. The van der Waals surface area contributed by atoms with Crippen molar-refractivity contribution in [1.82, 2.24) is 15.6 Å². The zero-order valence-electron chi connectivity index (χ0n) is 6.21. The molecular formula is C5H8N4O2. The lowest BCUT2D eigenvalue weighted by Gasteiger charge is -1.97. The van der Waals surface area contributed by atoms with Gasteiger partial charge < -0.3 is 5.32 Å². The number of amides is 2. The highest BCUT2D eigenvalue weighted by Gasteiger charge is 2.06. The maximum atomic E-state index is 10.7. The van der Waals surface area contributed by atoms with Crippen molar-refractivity contribution in [3.8, 4) is 0 Å². The molecule has 1 heterocycles. The summed E-state index contributed by atoms with van der Waals surface area (Å²) in [5.41, 5.74) is 0.550. The van der Waals surface area contributed by atoms with Gasteiger partial charge in [0, 0.05) is 7.05 Å². The van der Waals surface area contributed by atoms with E-state index in [-0.39, 0.29) is 6.03 Å². The van der Waals surface area contributed by atoms with Gasteiger partial charge in [-0.3, -0.25) is 5.32 Å². The van der Waals surface area contributed by atoms with E-state index in [1.54, 1.807) is 6.92 Å². The number of nitrogens with one attached hydrogen (secondary N) is 2. The van der Waals surface area contributed by atoms with Gasteiger partial charge in [-0.2, -0.15) is 0 Å². The summed E-state index contributed by atoms with van der Waals surface area (Å²) in [7, 11) is 1.51. The largest absolute Gasteiger partial charge is 0.341 e. The van der Waals surface area contributed by atoms with Crippen LogP contribution in [0.3, 0.4) is 0 Å². The summed E-state index contributed by atoms with van der Waals surface area (Å²) in [5, 5.41) is 11.7. The summed E-state index contributed by atoms with van der Waals surface area (Å²) in [6.45, 7) is 1.68. The third kappa shape index (κ3) is 1.66. The number of carbonyl (C=O) groups excluding carboxylic acids is 1. The van der Waals surface area contributed by atoms with Gasteiger partial charge in [0.05, 0.1) is 0 Å². The Labute approximate surface area is 62.9 Å². The Hall–Kier alpha value is -1.59. The van der Waals surface area contributed by atoms with E-state index in [4.69, 9.17) is 0 Å². The van der Waals surface area contributed by atoms with E-state index < -0.39 is 0 Å². The molecule has 6 heteroatoms. The van der Waals surface area contributed by atoms with Crippen molar-refractivity contribution in [3.63, 3.8) is 0 Å². The number of rotatable bonds is 1. The van der Waals surface area contributed by atoms with Crippen LogP contribution in [0.25, 0.3) is 0 Å². The number of aryl methyl sites for hydroxylation is 1. The van der Waals surface area contributed by atoms with Crippen LogP contribution < -0.4 is 10.6 Å². The summed E-state index contributed by atoms with van der Waals surface area (Å²) in [5.74, 6) is 0.337. The second-order valence-electron chi connectivity index (χ2n) is 1.90. The molecule has 0 aromatic carbocycles. The van der Waals surface area contributed by atoms with Crippen LogP contribution in [-0.4, -0.2) is 23.4 Å². The van der Waals surface area contributed by atoms with Crippen LogP contribution in [0, 0.1) is 6.92 Å². The summed E-state index contributed by atoms with van der Waals surface area (Å²) in [4.78, 5) is 10.7. The Bertz CT molecular complexity index is 257. The van der Waals surface area contributed by atoms with E-state index in [9.17, 15) is 4.79 Å². The van der Waals surface area contributed by atoms with Gasteiger partial charge in [0.1, 0.15) is 5.69 Å². The summed E-state index contributed by atoms with van der Waals surface area (Å²) < 4.78 is 4.35. The molecule has 0 unspecified atom stereocenters. The lowest BCUT2D eigenvalue weighted by atomic mass is 10.5. The maximum Gasteiger partial charge on any atom is 0.320 e. The Morgan fingerprint density at radius 2 is 2.27 bits per heavy atom. The first kappa shape index (κ1) is 7.52. The predicted octanol–water partition coefficient (Wildman–Crippen LogP) is 0.129. The van der Waals surface area contributed by atoms with Gasteiger partial charge >= 0.3 is 6.03 Å². The van der Waals surface area contributed by atoms with E-state index in [1.807, 2.05) is 0 Å². The van der Waals surface area contributed by atoms with E-state index in [2.05, 4.69) is 25.6 Å². The third-order valence-electron chi connectivity index (χ3n) is 1.11. The van der Waals surface area contributed by atoms with Crippen molar-refractivity contribution >= 4 is 11.8 Å². The molecule has 0 spiro atoms. The molecule has 2 N–H and O–H groups in total. The summed E-state index contributed by atoms with van der Waals surface area (Å²) in [6, 6.07) is -0.344. The lowest BCUT2D eigenvalue weighted by Crippen LogP contribution is -2.24. The average Bonchev–Trinajstić information content (AvgIpc) is 2.37. The number of urea groups is 1. The Balaban J connectivity index is 2.64. The van der Waals surface area contributed by atoms with E-state index in [0.717, 1.165) is 0 Å². The molecule has 0 aliphatic carbocycles. The quantitative estimate of drug-likeness (QED) is 0.605. The van der Waals surface area contributed by atoms with Gasteiger partial charge in [0.15, 0.2) is 0 Å². The molecule has 0 bridgehead atoms. The Morgan fingerprint density at radius 1 is 1.55 bits per heavy atom. The molecule has 0 aliphatic rings. The number of nitrogens with zero attached hydrogens (tertiary/aromatic N) is 2. The van der Waals surface area contributed by atoms with Crippen LogP contribution in [0.1, 0.15) is 5.69 Å². The van der Waals surface area contributed by atoms with Crippen LogP contribution in [0.2, 0.25) is 0 Å². The Morgan fingerprint density at radius 3 is 2.73 bits per heavy atom. The number of hydrogen-bond acceptors (Lipinski definition) is 4. The molecule has 0 atom stereocenters. The molecule has 6 nitrogen and oxygen atoms in total. The SMILES string of the molecule is CNC(=O)Nc1nonc1C. The van der Waals surface area contributed by atoms with Crippen LogP contribution in [-0.2, 0) is 0 Å². The predicted molar refractivity (Wildman–Crippen MR) is 37.1 cm³/mol. The molecule has 0 fully saturated rings. The standard InChI is InChI=1S/C5H8N4O2/c1-3-4(9-11-8-3)7-5(10)6-2/h1-2H3,(H2,6,7,9,10). The molecule has 1 rings (SSSR count). The van der Waals surface area contributed by atoms with Gasteiger partial charge in [0.2, 0.25) is 5.82 Å². The van der Waals surface area contributed by atoms with Gasteiger partial charge in [-0.1, -0.05) is 5.16 Å². The van der Waals surface area contributed by atoms with Crippen molar-refractivity contribution in [1.29, 1.82) is 0 Å². The molecule has 0 saturated carbocycles. The number of hydrogen-bond donors (Lipinski definition) is 2. The first-order valence-electron chi connectivity index (χ1n) is 3.02. The van der Waals surface area contributed by atoms with Crippen LogP contribution in [0.5, 0.6) is 0 Å². The number of carbonyl (C=O) groups is 1. The number of aromatic nitrogens is 2. The molecular weight excluding hydrogens is 148 g/mol. The van der Waals surface area contributed by atoms with Crippen LogP contribution in [0.15, 0.2) is 4.63 Å². The van der Waals surface area contributed by atoms with Gasteiger partial charge in [0.25, 0.3) is 0 Å². The second kappa shape index (κ2) is 3.00. The highest BCUT2D eigenvalue weighted by Crippen LogP contribution is 2.05. The molecule has 11 heavy (non-hydrogen) atoms. The monoisotopic (exact) mass is 156 g/mol. The third-order valence-corrected chi connectivity index (χ3v) is 1.11. The zero-order chi connectivity index (χ0) is 8.27. The molecule has 0 aliphatic heterocycles. The smallest absolute Gasteiger partial charge is 0.320 e. The van der Waals surface area contributed by atoms with Crippen LogP contribution in [0.4, 0.5) is 10.6 Å². The fraction of sp³-hybridized carbons (Fsp3) is 0.400. The highest BCUT2D eigenvalue weighted by molar-refractivity contribution is 5.88. The minimum absolute atomic E-state index is 0.337. The molecule has 1 aromatic heterocycles. The molecule has 0 radical (unpaired) electrons. The van der Waals surface area contributed by atoms with Gasteiger partial charge in [-0.15, -0.1) is 0 Å². The Kier molecular flexibility index (Phi) is 2.05. The minimum Gasteiger partial charge on any atom is -0.341 e. The highest BCUT2D eigenvalue weighted by atomic mass is 16.6. The minimum atomic E-state index is -0.344. The molecule has 2 amide bonds. The fourth-order valence-electron chi connectivity index (χ4n) is 0.515. The average molecular weight is 156 g/mol. The topological polar surface area (TPSA) is 80.0 Å². The normalized spacial score (nSPS) is 9.27. The van der Waals surface area contributed by atoms with Crippen molar-refractivity contribution in [3.05, 3.63) is 5.69 Å². The molecule has 1 aromatic rings. The van der Waals surface area contributed by atoms with E-state index in [0.29, 0.717) is 11.5 Å². The first-order valence-corrected chi connectivity index (χ1v) is 3.02. The van der Waals surface area contributed by atoms with Crippen molar-refractivity contribution < 1.29 is 9.42 Å². The zero-order valence-corrected chi connectivity index (χ0v) is 6.21. The van der Waals surface area contributed by atoms with E-state index in [1.165, 1.54) is 7.05 Å². The summed E-state index contributed by atoms with van der Waals surface area (Å²) >= 11 is 0. The molecule has 60 valence electrons. The second-order valence-corrected chi connectivity index (χ2v) is 1.90.